The summed E-state index contributed by atoms with van der Waals surface area (Å²) in [6.45, 7) is 6.07. The van der Waals surface area contributed by atoms with Crippen LogP contribution in [-0.2, 0) is 9.53 Å². The quantitative estimate of drug-likeness (QED) is 0.339. The highest BCUT2D eigenvalue weighted by Crippen LogP contribution is 2.11. The fourth-order valence-corrected chi connectivity index (χ4v) is 2.21. The van der Waals surface area contributed by atoms with Crippen molar-refractivity contribution in [1.82, 2.24) is 9.62 Å². The van der Waals surface area contributed by atoms with Crippen LogP contribution in [0.3, 0.4) is 0 Å². The lowest BCUT2D eigenvalue weighted by Gasteiger charge is -2.35. The maximum atomic E-state index is 11.8. The number of amides is 1. The summed E-state index contributed by atoms with van der Waals surface area (Å²) >= 11 is 3.94. The van der Waals surface area contributed by atoms with Crippen molar-refractivity contribution in [3.05, 3.63) is 0 Å². The van der Waals surface area contributed by atoms with Gasteiger partial charge in [-0.2, -0.15) is 0 Å². The second kappa shape index (κ2) is 6.62. The summed E-state index contributed by atoms with van der Waals surface area (Å²) in [7, 11) is 1.24. The van der Waals surface area contributed by atoms with Gasteiger partial charge in [0.1, 0.15) is 0 Å². The van der Waals surface area contributed by atoms with E-state index in [1.54, 1.807) is 0 Å². The summed E-state index contributed by atoms with van der Waals surface area (Å²) in [6.07, 6.45) is 0.808. The standard InChI is InChI=1S/C9H18N2O2S2/c1-7-5-11(6-8(2)13-7)9(12)3-4-10-15-14/h7-8,10,14H,3-6H2,1-2H3. The fraction of sp³-hybridized carbons (Fsp3) is 0.889. The van der Waals surface area contributed by atoms with Crippen LogP contribution >= 0.6 is 22.6 Å². The molecule has 0 saturated carbocycles. The highest BCUT2D eigenvalue weighted by molar-refractivity contribution is 8.67. The minimum Gasteiger partial charge on any atom is -0.372 e. The molecule has 1 saturated heterocycles. The van der Waals surface area contributed by atoms with Crippen molar-refractivity contribution in [2.24, 2.45) is 0 Å². The van der Waals surface area contributed by atoms with Crippen molar-refractivity contribution in [1.29, 1.82) is 0 Å². The number of carbonyl (C=O) groups is 1. The number of nitrogens with one attached hydrogen (secondary N) is 1. The zero-order valence-corrected chi connectivity index (χ0v) is 10.8. The summed E-state index contributed by atoms with van der Waals surface area (Å²) in [4.78, 5) is 13.6. The first-order valence-corrected chi connectivity index (χ1v) is 6.97. The summed E-state index contributed by atoms with van der Waals surface area (Å²) in [5, 5.41) is 0. The number of nitrogens with zero attached hydrogens (tertiary/aromatic N) is 1. The topological polar surface area (TPSA) is 41.6 Å². The normalized spacial score (nSPS) is 26.7. The van der Waals surface area contributed by atoms with Crippen molar-refractivity contribution in [2.75, 3.05) is 19.6 Å². The summed E-state index contributed by atoms with van der Waals surface area (Å²) < 4.78 is 8.51. The first-order chi connectivity index (χ1) is 7.13. The predicted octanol–water partition coefficient (Wildman–Crippen LogP) is 1.09. The molecule has 15 heavy (non-hydrogen) atoms. The minimum absolute atomic E-state index is 0.143. The van der Waals surface area contributed by atoms with Crippen LogP contribution in [0.2, 0.25) is 0 Å². The highest BCUT2D eigenvalue weighted by Gasteiger charge is 2.25. The van der Waals surface area contributed by atoms with Crippen molar-refractivity contribution in [2.45, 2.75) is 32.5 Å². The first kappa shape index (κ1) is 13.2. The molecule has 0 aliphatic carbocycles. The van der Waals surface area contributed by atoms with Crippen LogP contribution in [0.25, 0.3) is 0 Å². The van der Waals surface area contributed by atoms with E-state index in [9.17, 15) is 4.79 Å². The van der Waals surface area contributed by atoms with Crippen LogP contribution in [0.4, 0.5) is 0 Å². The highest BCUT2D eigenvalue weighted by atomic mass is 33.1. The Hall–Kier alpha value is 0.0900. The van der Waals surface area contributed by atoms with Crippen molar-refractivity contribution in [3.63, 3.8) is 0 Å². The SMILES string of the molecule is CC1CN(C(=O)CCNSS)CC(C)O1. The Morgan fingerprint density at radius 1 is 1.53 bits per heavy atom. The lowest BCUT2D eigenvalue weighted by atomic mass is 10.2. The van der Waals surface area contributed by atoms with Crippen LogP contribution in [0.5, 0.6) is 0 Å². The van der Waals surface area contributed by atoms with E-state index >= 15 is 0 Å². The molecule has 4 nitrogen and oxygen atoms in total. The molecular formula is C9H18N2O2S2. The van der Waals surface area contributed by atoms with Gasteiger partial charge in [-0.25, -0.2) is 0 Å². The number of hydrogen-bond donors (Lipinski definition) is 2. The summed E-state index contributed by atoms with van der Waals surface area (Å²) in [5.41, 5.74) is 0. The third-order valence-corrected chi connectivity index (χ3v) is 3.00. The van der Waals surface area contributed by atoms with Gasteiger partial charge in [0.15, 0.2) is 0 Å². The predicted molar refractivity (Wildman–Crippen MR) is 65.8 cm³/mol. The Labute approximate surface area is 100 Å². The summed E-state index contributed by atoms with van der Waals surface area (Å²) in [6, 6.07) is 0. The number of carbonyl (C=O) groups excluding carboxylic acids is 1. The molecule has 0 aromatic heterocycles. The number of rotatable bonds is 4. The third-order valence-electron chi connectivity index (χ3n) is 2.28. The molecule has 6 heteroatoms. The first-order valence-electron chi connectivity index (χ1n) is 5.10. The second-order valence-corrected chi connectivity index (χ2v) is 4.81. The fourth-order valence-electron chi connectivity index (χ4n) is 1.74. The number of ether oxygens (including phenoxy) is 1. The molecule has 0 aromatic rings. The van der Waals surface area contributed by atoms with Gasteiger partial charge in [-0.1, -0.05) is 11.7 Å². The Morgan fingerprint density at radius 3 is 2.67 bits per heavy atom. The molecule has 1 aliphatic heterocycles. The van der Waals surface area contributed by atoms with Crippen LogP contribution in [0.1, 0.15) is 20.3 Å². The Morgan fingerprint density at radius 2 is 2.13 bits per heavy atom. The molecule has 0 aromatic carbocycles. The molecule has 0 bridgehead atoms. The molecule has 2 unspecified atom stereocenters. The van der Waals surface area contributed by atoms with Crippen molar-refractivity contribution in [3.8, 4) is 0 Å². The minimum atomic E-state index is 0.143. The zero-order valence-electron chi connectivity index (χ0n) is 9.10. The third kappa shape index (κ3) is 4.63. The number of hydrogen-bond acceptors (Lipinski definition) is 5. The Balaban J connectivity index is 2.31. The van der Waals surface area contributed by atoms with E-state index in [0.29, 0.717) is 26.1 Å². The zero-order chi connectivity index (χ0) is 11.3. The number of thiol groups is 1. The summed E-state index contributed by atoms with van der Waals surface area (Å²) in [5.74, 6) is 0.187. The van der Waals surface area contributed by atoms with Gasteiger partial charge >= 0.3 is 0 Å². The van der Waals surface area contributed by atoms with Gasteiger partial charge < -0.3 is 9.64 Å². The van der Waals surface area contributed by atoms with E-state index < -0.39 is 0 Å². The lowest BCUT2D eigenvalue weighted by Crippen LogP contribution is -2.48. The smallest absolute Gasteiger partial charge is 0.224 e. The molecule has 1 fully saturated rings. The molecule has 2 atom stereocenters. The average molecular weight is 250 g/mol. The van der Waals surface area contributed by atoms with Crippen LogP contribution in [0, 0.1) is 0 Å². The van der Waals surface area contributed by atoms with Gasteiger partial charge in [-0.3, -0.25) is 9.52 Å². The van der Waals surface area contributed by atoms with Crippen molar-refractivity contribution < 1.29 is 9.53 Å². The molecule has 88 valence electrons. The molecule has 1 heterocycles. The van der Waals surface area contributed by atoms with Gasteiger partial charge in [0.2, 0.25) is 5.91 Å². The number of morpholine rings is 1. The maximum Gasteiger partial charge on any atom is 0.224 e. The van der Waals surface area contributed by atoms with Gasteiger partial charge in [-0.05, 0) is 24.8 Å². The van der Waals surface area contributed by atoms with Crippen molar-refractivity contribution >= 4 is 28.5 Å². The maximum absolute atomic E-state index is 11.8. The molecule has 1 N–H and O–H groups in total. The lowest BCUT2D eigenvalue weighted by molar-refractivity contribution is -0.143. The van der Waals surface area contributed by atoms with Gasteiger partial charge in [0.25, 0.3) is 0 Å². The van der Waals surface area contributed by atoms with Crippen LogP contribution in [0.15, 0.2) is 0 Å². The second-order valence-electron chi connectivity index (χ2n) is 3.79. The largest absolute Gasteiger partial charge is 0.372 e. The molecular weight excluding hydrogens is 232 g/mol. The van der Waals surface area contributed by atoms with E-state index in [1.807, 2.05) is 18.7 Å². The molecule has 1 aliphatic rings. The van der Waals surface area contributed by atoms with Crippen LogP contribution < -0.4 is 4.72 Å². The van der Waals surface area contributed by atoms with E-state index in [0.717, 1.165) is 0 Å². The Kier molecular flexibility index (Phi) is 5.81. The van der Waals surface area contributed by atoms with Crippen LogP contribution in [-0.4, -0.2) is 42.6 Å². The van der Waals surface area contributed by atoms with E-state index in [2.05, 4.69) is 16.4 Å². The van der Waals surface area contributed by atoms with Gasteiger partial charge in [-0.15, -0.1) is 0 Å². The molecule has 1 rings (SSSR count). The average Bonchev–Trinajstić information content (AvgIpc) is 2.16. The Bertz CT molecular complexity index is 206. The van der Waals surface area contributed by atoms with Gasteiger partial charge in [0.05, 0.1) is 12.2 Å². The monoisotopic (exact) mass is 250 g/mol. The van der Waals surface area contributed by atoms with Gasteiger partial charge in [0, 0.05) is 26.1 Å². The molecule has 1 amide bonds. The van der Waals surface area contributed by atoms with E-state index in [-0.39, 0.29) is 18.1 Å². The van der Waals surface area contributed by atoms with E-state index in [1.165, 1.54) is 11.0 Å². The van der Waals surface area contributed by atoms with E-state index in [4.69, 9.17) is 4.74 Å². The molecule has 0 spiro atoms. The molecule has 0 radical (unpaired) electrons.